The van der Waals surface area contributed by atoms with Gasteiger partial charge in [0.05, 0.1) is 18.8 Å². The van der Waals surface area contributed by atoms with E-state index in [9.17, 15) is 9.90 Å². The fraction of sp³-hybridized carbons (Fsp3) is 0.929. The molecule has 110 valence electrons. The second kappa shape index (κ2) is 4.94. The number of likely N-dealkylation sites (tertiary alicyclic amines) is 1. The average Bonchev–Trinajstić information content (AvgIpc) is 2.57. The van der Waals surface area contributed by atoms with Crippen molar-refractivity contribution in [3.05, 3.63) is 0 Å². The van der Waals surface area contributed by atoms with E-state index in [1.807, 2.05) is 27.7 Å². The number of carbonyl (C=O) groups is 1. The van der Waals surface area contributed by atoms with E-state index in [4.69, 9.17) is 9.47 Å². The Morgan fingerprint density at radius 1 is 1.37 bits per heavy atom. The lowest BCUT2D eigenvalue weighted by molar-refractivity contribution is -0.0162. The van der Waals surface area contributed by atoms with Gasteiger partial charge in [0.1, 0.15) is 5.60 Å². The van der Waals surface area contributed by atoms with Crippen molar-refractivity contribution >= 4 is 6.09 Å². The zero-order valence-corrected chi connectivity index (χ0v) is 12.3. The van der Waals surface area contributed by atoms with Gasteiger partial charge in [-0.05, 0) is 40.5 Å². The van der Waals surface area contributed by atoms with Crippen LogP contribution in [0.15, 0.2) is 0 Å². The Balaban J connectivity index is 1.91. The van der Waals surface area contributed by atoms with Crippen LogP contribution in [0.5, 0.6) is 0 Å². The van der Waals surface area contributed by atoms with Crippen molar-refractivity contribution in [2.75, 3.05) is 19.7 Å². The summed E-state index contributed by atoms with van der Waals surface area (Å²) in [5.41, 5.74) is -0.630. The number of rotatable bonds is 0. The molecule has 1 N–H and O–H groups in total. The van der Waals surface area contributed by atoms with E-state index in [0.29, 0.717) is 19.7 Å². The van der Waals surface area contributed by atoms with Gasteiger partial charge in [-0.1, -0.05) is 0 Å². The number of aliphatic hydroxyl groups excluding tert-OH is 1. The minimum Gasteiger partial charge on any atom is -0.444 e. The van der Waals surface area contributed by atoms with Gasteiger partial charge in [-0.2, -0.15) is 0 Å². The minimum atomic E-state index is -0.462. The van der Waals surface area contributed by atoms with Crippen molar-refractivity contribution in [2.45, 2.75) is 58.3 Å². The molecule has 0 aromatic heterocycles. The number of amides is 1. The second-order valence-electron chi connectivity index (χ2n) is 6.79. The molecule has 0 bridgehead atoms. The van der Waals surface area contributed by atoms with Crippen LogP contribution in [0.25, 0.3) is 0 Å². The Bertz CT molecular complexity index is 342. The monoisotopic (exact) mass is 271 g/mol. The summed E-state index contributed by atoms with van der Waals surface area (Å²) in [5.74, 6) is 0. The molecule has 2 atom stereocenters. The summed E-state index contributed by atoms with van der Waals surface area (Å²) in [6, 6.07) is 0. The molecule has 2 heterocycles. The molecule has 2 fully saturated rings. The maximum absolute atomic E-state index is 12.0. The van der Waals surface area contributed by atoms with Crippen molar-refractivity contribution < 1.29 is 19.4 Å². The van der Waals surface area contributed by atoms with E-state index < -0.39 is 11.7 Å². The van der Waals surface area contributed by atoms with Gasteiger partial charge in [0.25, 0.3) is 0 Å². The van der Waals surface area contributed by atoms with E-state index in [-0.39, 0.29) is 17.6 Å². The van der Waals surface area contributed by atoms with Gasteiger partial charge in [-0.15, -0.1) is 0 Å². The molecule has 1 unspecified atom stereocenters. The van der Waals surface area contributed by atoms with Gasteiger partial charge in [-0.25, -0.2) is 4.79 Å². The summed E-state index contributed by atoms with van der Waals surface area (Å²) < 4.78 is 10.9. The van der Waals surface area contributed by atoms with Crippen LogP contribution in [0.3, 0.4) is 0 Å². The summed E-state index contributed by atoms with van der Waals surface area (Å²) >= 11 is 0. The third kappa shape index (κ3) is 3.03. The first-order chi connectivity index (χ1) is 8.73. The topological polar surface area (TPSA) is 59.0 Å². The van der Waals surface area contributed by atoms with Gasteiger partial charge < -0.3 is 19.5 Å². The molecule has 2 rings (SSSR count). The molecular weight excluding hydrogens is 246 g/mol. The van der Waals surface area contributed by atoms with Crippen molar-refractivity contribution in [3.8, 4) is 0 Å². The molecule has 2 aliphatic heterocycles. The Labute approximate surface area is 114 Å². The van der Waals surface area contributed by atoms with E-state index in [1.165, 1.54) is 0 Å². The normalized spacial score (nSPS) is 30.7. The lowest BCUT2D eigenvalue weighted by Gasteiger charge is -2.40. The van der Waals surface area contributed by atoms with E-state index in [1.54, 1.807) is 4.90 Å². The summed E-state index contributed by atoms with van der Waals surface area (Å²) in [5, 5.41) is 10.2. The Morgan fingerprint density at radius 2 is 1.95 bits per heavy atom. The van der Waals surface area contributed by atoms with Gasteiger partial charge in [0.2, 0.25) is 0 Å². The van der Waals surface area contributed by atoms with Crippen LogP contribution < -0.4 is 0 Å². The van der Waals surface area contributed by atoms with Crippen molar-refractivity contribution in [3.63, 3.8) is 0 Å². The molecule has 2 aliphatic rings. The lowest BCUT2D eigenvalue weighted by atomic mass is 9.75. The molecule has 5 heteroatoms. The summed E-state index contributed by atoms with van der Waals surface area (Å²) in [6.45, 7) is 9.35. The molecule has 2 saturated heterocycles. The number of hydrogen-bond donors (Lipinski definition) is 1. The molecule has 5 nitrogen and oxygen atoms in total. The fourth-order valence-corrected chi connectivity index (χ4v) is 2.87. The number of carbonyl (C=O) groups excluding carboxylic acids is 1. The molecule has 0 saturated carbocycles. The van der Waals surface area contributed by atoms with Crippen molar-refractivity contribution in [1.29, 1.82) is 0 Å². The van der Waals surface area contributed by atoms with Crippen LogP contribution in [0.2, 0.25) is 0 Å². The number of aliphatic hydroxyl groups is 1. The van der Waals surface area contributed by atoms with E-state index >= 15 is 0 Å². The van der Waals surface area contributed by atoms with Crippen LogP contribution in [-0.2, 0) is 9.47 Å². The highest BCUT2D eigenvalue weighted by Crippen LogP contribution is 2.42. The average molecular weight is 271 g/mol. The van der Waals surface area contributed by atoms with Gasteiger partial charge in [0.15, 0.2) is 0 Å². The number of piperidine rings is 1. The first-order valence-corrected chi connectivity index (χ1v) is 7.01. The van der Waals surface area contributed by atoms with Crippen LogP contribution >= 0.6 is 0 Å². The molecular formula is C14H25NO4. The maximum atomic E-state index is 12.0. The molecule has 19 heavy (non-hydrogen) atoms. The van der Waals surface area contributed by atoms with Gasteiger partial charge in [-0.3, -0.25) is 0 Å². The molecule has 0 radical (unpaired) electrons. The smallest absolute Gasteiger partial charge is 0.410 e. The van der Waals surface area contributed by atoms with Crippen molar-refractivity contribution in [2.24, 2.45) is 5.41 Å². The molecule has 0 aliphatic carbocycles. The summed E-state index contributed by atoms with van der Waals surface area (Å²) in [4.78, 5) is 13.7. The quantitative estimate of drug-likeness (QED) is 0.729. The second-order valence-corrected chi connectivity index (χ2v) is 6.79. The first-order valence-electron chi connectivity index (χ1n) is 7.01. The highest BCUT2D eigenvalue weighted by Gasteiger charge is 2.49. The molecule has 1 spiro atoms. The van der Waals surface area contributed by atoms with Crippen molar-refractivity contribution in [1.82, 2.24) is 4.90 Å². The number of hydrogen-bond acceptors (Lipinski definition) is 4. The summed E-state index contributed by atoms with van der Waals surface area (Å²) in [6.07, 6.45) is 0.764. The van der Waals surface area contributed by atoms with Crippen LogP contribution in [0, 0.1) is 5.41 Å². The Morgan fingerprint density at radius 3 is 2.37 bits per heavy atom. The lowest BCUT2D eigenvalue weighted by Crippen LogP contribution is -2.49. The third-order valence-corrected chi connectivity index (χ3v) is 4.12. The maximum Gasteiger partial charge on any atom is 0.410 e. The van der Waals surface area contributed by atoms with Gasteiger partial charge >= 0.3 is 6.09 Å². The zero-order valence-electron chi connectivity index (χ0n) is 12.3. The van der Waals surface area contributed by atoms with Crippen LogP contribution in [0.4, 0.5) is 4.79 Å². The van der Waals surface area contributed by atoms with Crippen LogP contribution in [-0.4, -0.2) is 53.6 Å². The Hall–Kier alpha value is -0.810. The van der Waals surface area contributed by atoms with Crippen LogP contribution in [0.1, 0.15) is 40.5 Å². The highest BCUT2D eigenvalue weighted by molar-refractivity contribution is 5.68. The predicted octanol–water partition coefficient (Wildman–Crippen LogP) is 1.78. The SMILES string of the molecule is C[C@H]1OCC2(CCN(C(=O)OC(C)(C)C)CC2)C1O. The third-order valence-electron chi connectivity index (χ3n) is 4.12. The predicted molar refractivity (Wildman–Crippen MR) is 70.9 cm³/mol. The fourth-order valence-electron chi connectivity index (χ4n) is 2.87. The van der Waals surface area contributed by atoms with Gasteiger partial charge in [0, 0.05) is 18.5 Å². The zero-order chi connectivity index (χ0) is 14.3. The van der Waals surface area contributed by atoms with E-state index in [0.717, 1.165) is 12.8 Å². The molecule has 0 aromatic rings. The Kier molecular flexibility index (Phi) is 3.80. The minimum absolute atomic E-state index is 0.104. The standard InChI is InChI=1S/C14H25NO4/c1-10-11(16)14(9-18-10)5-7-15(8-6-14)12(17)19-13(2,3)4/h10-11,16H,5-9H2,1-4H3/t10-,11?/m1/s1. The van der Waals surface area contributed by atoms with E-state index in [2.05, 4.69) is 0 Å². The highest BCUT2D eigenvalue weighted by atomic mass is 16.6. The summed E-state index contributed by atoms with van der Waals surface area (Å²) in [7, 11) is 0. The number of ether oxygens (including phenoxy) is 2. The number of nitrogens with zero attached hydrogens (tertiary/aromatic N) is 1. The molecule has 0 aromatic carbocycles. The first kappa shape index (κ1) is 14.6. The molecule has 1 amide bonds. The largest absolute Gasteiger partial charge is 0.444 e.